The number of hydrogen-bond acceptors (Lipinski definition) is 6. The molecule has 2 aliphatic carbocycles. The summed E-state index contributed by atoms with van der Waals surface area (Å²) >= 11 is 0. The molecule has 10 rings (SSSR count). The number of rotatable bonds is 6. The van der Waals surface area contributed by atoms with Gasteiger partial charge in [-0.1, -0.05) is 18.2 Å². The Morgan fingerprint density at radius 3 is 2.70 bits per heavy atom. The Morgan fingerprint density at radius 1 is 1.14 bits per heavy atom. The maximum absolute atomic E-state index is 17.6. The lowest BCUT2D eigenvalue weighted by Gasteiger charge is -2.39. The molecule has 2 aromatic carbocycles. The largest absolute Gasteiger partial charge is 0.472 e. The van der Waals surface area contributed by atoms with Crippen LogP contribution < -0.4 is 10.1 Å². The number of likely N-dealkylation sites (N-methyl/N-ethyl adjacent to an activating group) is 1. The lowest BCUT2D eigenvalue weighted by Crippen LogP contribution is -2.40. The Morgan fingerprint density at radius 2 is 1.98 bits per heavy atom. The van der Waals surface area contributed by atoms with E-state index in [0.717, 1.165) is 115 Å². The van der Waals surface area contributed by atoms with Gasteiger partial charge >= 0.3 is 0 Å². The summed E-state index contributed by atoms with van der Waals surface area (Å²) in [5.74, 6) is 0.406. The highest BCUT2D eigenvalue weighted by Gasteiger charge is 2.50. The molecule has 8 nitrogen and oxygen atoms in total. The van der Waals surface area contributed by atoms with Gasteiger partial charge in [0.1, 0.15) is 11.6 Å². The predicted octanol–water partition coefficient (Wildman–Crippen LogP) is 7.33. The number of ether oxygens (including phenoxy) is 1. The fourth-order valence-electron chi connectivity index (χ4n) is 10.5. The van der Waals surface area contributed by atoms with Crippen LogP contribution in [0.4, 0.5) is 4.39 Å². The van der Waals surface area contributed by atoms with Crippen molar-refractivity contribution in [1.82, 2.24) is 24.7 Å². The van der Waals surface area contributed by atoms with Crippen LogP contribution in [-0.4, -0.2) is 70.1 Å². The van der Waals surface area contributed by atoms with Crippen molar-refractivity contribution in [3.63, 3.8) is 0 Å². The average molecular weight is 675 g/mol. The number of halogens is 1. The van der Waals surface area contributed by atoms with Gasteiger partial charge in [-0.2, -0.15) is 5.26 Å². The fraction of sp³-hybridized carbons (Fsp3) is 0.537. The minimum atomic E-state index is -0.358. The van der Waals surface area contributed by atoms with Crippen LogP contribution in [0, 0.1) is 30.0 Å². The number of pyridine rings is 1. The molecule has 50 heavy (non-hydrogen) atoms. The van der Waals surface area contributed by atoms with Gasteiger partial charge in [-0.15, -0.1) is 0 Å². The third-order valence-electron chi connectivity index (χ3n) is 12.9. The van der Waals surface area contributed by atoms with E-state index in [1.165, 1.54) is 0 Å². The molecule has 1 saturated carbocycles. The SMILES string of the molecule is CC(=O)N1CCC[C@@H]1c1cc2c(OC(C)[C@@H]3CCCN3C)nc3c(F)c(-c4cccc5c4C(C#N)CCC5)c(C)cc3c2n1[C@H]1[C@H]2CN[C@@H]1C2. The Bertz CT molecular complexity index is 2070. The number of likely N-dealkylation sites (tertiary alicyclic amines) is 2. The molecule has 6 aliphatic rings. The summed E-state index contributed by atoms with van der Waals surface area (Å²) in [6, 6.07) is 13.7. The number of benzene rings is 2. The van der Waals surface area contributed by atoms with Gasteiger partial charge in [-0.25, -0.2) is 9.37 Å². The average Bonchev–Trinajstić information content (AvgIpc) is 3.94. The lowest BCUT2D eigenvalue weighted by molar-refractivity contribution is -0.129. The molecule has 0 radical (unpaired) electrons. The monoisotopic (exact) mass is 674 g/mol. The zero-order valence-electron chi connectivity index (χ0n) is 29.6. The zero-order valence-corrected chi connectivity index (χ0v) is 29.6. The maximum Gasteiger partial charge on any atom is 0.223 e. The molecule has 1 N–H and O–H groups in total. The van der Waals surface area contributed by atoms with E-state index in [0.29, 0.717) is 28.9 Å². The minimum absolute atomic E-state index is 0.0508. The first-order chi connectivity index (χ1) is 24.2. The standard InChI is InChI=1S/C41H47FN6O2/c1-22-17-29-38(37(42)35(22)28-12-6-10-25-9-5-11-26(20-43)36(25)28)45-41(50-23(2)32-13-7-15-46(32)4)30-19-34(33-14-8-16-47(33)24(3)49)48(40(29)30)39-27-18-31(39)44-21-27/h6,10,12,17,19,23,26-27,31-33,39,44H,5,7-9,11,13-16,18,21H2,1-4H3/t23?,26?,27-,31-,32+,33-,39+/m1/s1. The lowest BCUT2D eigenvalue weighted by atomic mass is 9.78. The van der Waals surface area contributed by atoms with E-state index in [4.69, 9.17) is 9.72 Å². The molecule has 5 fully saturated rings. The van der Waals surface area contributed by atoms with Gasteiger partial charge in [-0.3, -0.25) is 9.69 Å². The highest BCUT2D eigenvalue weighted by Crippen LogP contribution is 2.51. The van der Waals surface area contributed by atoms with Gasteiger partial charge < -0.3 is 19.5 Å². The molecule has 7 atom stereocenters. The number of fused-ring (bicyclic) bond motifs is 5. The molecule has 4 saturated heterocycles. The van der Waals surface area contributed by atoms with Crippen molar-refractivity contribution < 1.29 is 13.9 Å². The van der Waals surface area contributed by atoms with Crippen molar-refractivity contribution in [2.75, 3.05) is 26.7 Å². The van der Waals surface area contributed by atoms with Crippen molar-refractivity contribution in [3.05, 3.63) is 58.5 Å². The number of aromatic nitrogens is 2. The molecule has 1 amide bonds. The molecule has 0 spiro atoms. The summed E-state index contributed by atoms with van der Waals surface area (Å²) in [5, 5.41) is 15.6. The number of nitrogens with zero attached hydrogens (tertiary/aromatic N) is 5. The van der Waals surface area contributed by atoms with E-state index >= 15 is 4.39 Å². The Balaban J connectivity index is 1.32. The van der Waals surface area contributed by atoms with Gasteiger partial charge in [0, 0.05) is 48.7 Å². The quantitative estimate of drug-likeness (QED) is 0.231. The van der Waals surface area contributed by atoms with Crippen LogP contribution in [0.3, 0.4) is 0 Å². The number of amides is 1. The number of aryl methyl sites for hydroxylation is 2. The summed E-state index contributed by atoms with van der Waals surface area (Å²) in [6.45, 7) is 8.51. The molecule has 4 aliphatic heterocycles. The van der Waals surface area contributed by atoms with Crippen LogP contribution in [0.25, 0.3) is 32.9 Å². The molecule has 260 valence electrons. The van der Waals surface area contributed by atoms with E-state index in [1.807, 2.05) is 24.0 Å². The van der Waals surface area contributed by atoms with Gasteiger partial charge in [0.15, 0.2) is 5.82 Å². The third kappa shape index (κ3) is 4.74. The molecular formula is C41H47FN6O2. The van der Waals surface area contributed by atoms with E-state index in [1.54, 1.807) is 6.92 Å². The van der Waals surface area contributed by atoms with E-state index < -0.39 is 0 Å². The summed E-state index contributed by atoms with van der Waals surface area (Å²) in [5.41, 5.74) is 6.64. The minimum Gasteiger partial charge on any atom is -0.472 e. The second kappa shape index (κ2) is 12.1. The summed E-state index contributed by atoms with van der Waals surface area (Å²) in [7, 11) is 2.15. The first-order valence-corrected chi connectivity index (χ1v) is 18.8. The number of carbonyl (C=O) groups excluding carboxylic acids is 1. The Hall–Kier alpha value is -4.00. The van der Waals surface area contributed by atoms with E-state index in [9.17, 15) is 10.1 Å². The van der Waals surface area contributed by atoms with Crippen LogP contribution in [0.15, 0.2) is 30.3 Å². The molecular weight excluding hydrogens is 627 g/mol. The third-order valence-corrected chi connectivity index (χ3v) is 12.9. The van der Waals surface area contributed by atoms with Crippen LogP contribution in [0.5, 0.6) is 5.88 Å². The van der Waals surface area contributed by atoms with Gasteiger partial charge in [-0.05, 0) is 119 Å². The molecule has 6 heterocycles. The van der Waals surface area contributed by atoms with E-state index in [2.05, 4.69) is 53.0 Å². The fourth-order valence-corrected chi connectivity index (χ4v) is 10.5. The smallest absolute Gasteiger partial charge is 0.223 e. The van der Waals surface area contributed by atoms with Gasteiger partial charge in [0.25, 0.3) is 0 Å². The zero-order chi connectivity index (χ0) is 34.4. The van der Waals surface area contributed by atoms with Crippen molar-refractivity contribution in [1.29, 1.82) is 5.26 Å². The highest BCUT2D eigenvalue weighted by atomic mass is 19.1. The first-order valence-electron chi connectivity index (χ1n) is 18.8. The molecule has 2 aromatic heterocycles. The van der Waals surface area contributed by atoms with Crippen molar-refractivity contribution >= 4 is 27.7 Å². The number of hydrogen-bond donors (Lipinski definition) is 1. The molecule has 2 bridgehead atoms. The van der Waals surface area contributed by atoms with Crippen LogP contribution >= 0.6 is 0 Å². The Kier molecular flexibility index (Phi) is 7.70. The topological polar surface area (TPSA) is 86.4 Å². The predicted molar refractivity (Wildman–Crippen MR) is 193 cm³/mol. The van der Waals surface area contributed by atoms with Gasteiger partial charge in [0.2, 0.25) is 11.8 Å². The first kappa shape index (κ1) is 31.9. The van der Waals surface area contributed by atoms with E-state index in [-0.39, 0.29) is 41.9 Å². The second-order valence-corrected chi connectivity index (χ2v) is 15.7. The Labute approximate surface area is 293 Å². The van der Waals surface area contributed by atoms with Crippen molar-refractivity contribution in [2.24, 2.45) is 5.92 Å². The summed E-state index contributed by atoms with van der Waals surface area (Å²) in [6.07, 6.45) is 7.64. The number of carbonyl (C=O) groups is 1. The second-order valence-electron chi connectivity index (χ2n) is 15.7. The van der Waals surface area contributed by atoms with Crippen LogP contribution in [-0.2, 0) is 11.2 Å². The normalized spacial score (nSPS) is 28.2. The van der Waals surface area contributed by atoms with Crippen molar-refractivity contribution in [2.45, 2.75) is 108 Å². The number of nitrogens with one attached hydrogen (secondary N) is 1. The van der Waals surface area contributed by atoms with Crippen LogP contribution in [0.2, 0.25) is 0 Å². The maximum atomic E-state index is 17.6. The molecule has 4 aromatic rings. The van der Waals surface area contributed by atoms with Crippen molar-refractivity contribution in [3.8, 4) is 23.1 Å². The number of nitriles is 1. The summed E-state index contributed by atoms with van der Waals surface area (Å²) < 4.78 is 27.0. The van der Waals surface area contributed by atoms with Crippen LogP contribution in [0.1, 0.15) is 99.2 Å². The molecule has 9 heteroatoms. The highest BCUT2D eigenvalue weighted by molar-refractivity contribution is 6.09. The summed E-state index contributed by atoms with van der Waals surface area (Å²) in [4.78, 5) is 22.4. The molecule has 2 unspecified atom stereocenters. The van der Waals surface area contributed by atoms with Gasteiger partial charge in [0.05, 0.1) is 35.0 Å².